The van der Waals surface area contributed by atoms with Gasteiger partial charge in [0.05, 0.1) is 24.8 Å². The maximum atomic E-state index is 10.7. The van der Waals surface area contributed by atoms with Crippen molar-refractivity contribution in [2.45, 2.75) is 13.0 Å². The Kier molecular flexibility index (Phi) is 4.80. The molecule has 6 heteroatoms. The number of aliphatic carboxylic acids is 1. The molecule has 2 aromatic rings. The topological polar surface area (TPSA) is 82.3 Å². The highest BCUT2D eigenvalue weighted by Crippen LogP contribution is 2.29. The van der Waals surface area contributed by atoms with Gasteiger partial charge in [-0.3, -0.25) is 4.79 Å². The number of anilines is 1. The van der Waals surface area contributed by atoms with Gasteiger partial charge in [0.15, 0.2) is 0 Å². The summed E-state index contributed by atoms with van der Waals surface area (Å²) in [4.78, 5) is 12.5. The van der Waals surface area contributed by atoms with E-state index in [9.17, 15) is 4.79 Å². The average molecular weight is 302 g/mol. The predicted octanol–water partition coefficient (Wildman–Crippen LogP) is 2.87. The fourth-order valence-corrected chi connectivity index (χ4v) is 2.86. The number of rotatable bonds is 6. The number of nitrogens with one attached hydrogen (secondary N) is 1. The lowest BCUT2D eigenvalue weighted by Crippen LogP contribution is -2.02. The number of hydrogen-bond donors (Lipinski definition) is 2. The van der Waals surface area contributed by atoms with Crippen molar-refractivity contribution in [1.29, 1.82) is 5.26 Å². The Morgan fingerprint density at radius 3 is 2.81 bits per heavy atom. The number of methoxy groups -OCH3 is 1. The molecule has 1 aromatic carbocycles. The first-order valence-corrected chi connectivity index (χ1v) is 7.06. The van der Waals surface area contributed by atoms with Crippen LogP contribution in [0.25, 0.3) is 0 Å². The number of carbonyl (C=O) groups is 1. The SMILES string of the molecule is COc1cccc(C#N)c1NCc1ccc(CC(=O)O)s1. The molecule has 0 aliphatic rings. The van der Waals surface area contributed by atoms with E-state index in [-0.39, 0.29) is 6.42 Å². The van der Waals surface area contributed by atoms with Crippen LogP contribution >= 0.6 is 11.3 Å². The molecule has 108 valence electrons. The third-order valence-electron chi connectivity index (χ3n) is 2.85. The minimum absolute atomic E-state index is 0.0305. The fraction of sp³-hybridized carbons (Fsp3) is 0.200. The molecule has 0 amide bonds. The first-order valence-electron chi connectivity index (χ1n) is 6.24. The standard InChI is InChI=1S/C15H14N2O3S/c1-20-13-4-2-3-10(8-16)15(13)17-9-12-6-5-11(21-12)7-14(18)19/h2-6,17H,7,9H2,1H3,(H,18,19). The summed E-state index contributed by atoms with van der Waals surface area (Å²) in [5, 5.41) is 21.1. The molecule has 5 nitrogen and oxygen atoms in total. The van der Waals surface area contributed by atoms with Gasteiger partial charge in [0.1, 0.15) is 11.8 Å². The summed E-state index contributed by atoms with van der Waals surface area (Å²) in [5.74, 6) is -0.232. The van der Waals surface area contributed by atoms with E-state index in [1.807, 2.05) is 12.1 Å². The molecular formula is C15H14N2O3S. The molecule has 21 heavy (non-hydrogen) atoms. The molecule has 0 bridgehead atoms. The zero-order valence-electron chi connectivity index (χ0n) is 11.4. The lowest BCUT2D eigenvalue weighted by atomic mass is 10.1. The van der Waals surface area contributed by atoms with Crippen LogP contribution in [0.2, 0.25) is 0 Å². The zero-order chi connectivity index (χ0) is 15.2. The van der Waals surface area contributed by atoms with E-state index in [4.69, 9.17) is 15.1 Å². The molecule has 0 aliphatic carbocycles. The molecule has 2 rings (SSSR count). The van der Waals surface area contributed by atoms with E-state index in [1.54, 1.807) is 25.3 Å². The van der Waals surface area contributed by atoms with Crippen molar-refractivity contribution in [1.82, 2.24) is 0 Å². The Labute approximate surface area is 126 Å². The van der Waals surface area contributed by atoms with Crippen molar-refractivity contribution in [3.63, 3.8) is 0 Å². The van der Waals surface area contributed by atoms with Gasteiger partial charge in [-0.25, -0.2) is 0 Å². The lowest BCUT2D eigenvalue weighted by Gasteiger charge is -2.11. The van der Waals surface area contributed by atoms with Crippen LogP contribution in [-0.4, -0.2) is 18.2 Å². The molecule has 0 fully saturated rings. The van der Waals surface area contributed by atoms with Crippen molar-refractivity contribution < 1.29 is 14.6 Å². The van der Waals surface area contributed by atoms with E-state index < -0.39 is 5.97 Å². The highest BCUT2D eigenvalue weighted by molar-refractivity contribution is 7.12. The van der Waals surface area contributed by atoms with E-state index in [2.05, 4.69) is 11.4 Å². The molecular weight excluding hydrogens is 288 g/mol. The van der Waals surface area contributed by atoms with Gasteiger partial charge in [-0.2, -0.15) is 5.26 Å². The number of carboxylic acids is 1. The van der Waals surface area contributed by atoms with Crippen molar-refractivity contribution in [2.75, 3.05) is 12.4 Å². The Bertz CT molecular complexity index is 688. The quantitative estimate of drug-likeness (QED) is 0.857. The number of ether oxygens (including phenoxy) is 1. The minimum Gasteiger partial charge on any atom is -0.495 e. The van der Waals surface area contributed by atoms with Crippen LogP contribution in [0.4, 0.5) is 5.69 Å². The minimum atomic E-state index is -0.840. The number of nitrogens with zero attached hydrogens (tertiary/aromatic N) is 1. The van der Waals surface area contributed by atoms with Crippen LogP contribution in [0.3, 0.4) is 0 Å². The third-order valence-corrected chi connectivity index (χ3v) is 3.93. The molecule has 0 saturated heterocycles. The maximum absolute atomic E-state index is 10.7. The van der Waals surface area contributed by atoms with Gasteiger partial charge in [0.2, 0.25) is 0 Å². The molecule has 0 aliphatic heterocycles. The Morgan fingerprint density at radius 1 is 1.38 bits per heavy atom. The molecule has 0 saturated carbocycles. The van der Waals surface area contributed by atoms with Crippen LogP contribution in [0.15, 0.2) is 30.3 Å². The van der Waals surface area contributed by atoms with Gasteiger partial charge in [-0.15, -0.1) is 11.3 Å². The van der Waals surface area contributed by atoms with Crippen LogP contribution in [0, 0.1) is 11.3 Å². The molecule has 0 spiro atoms. The normalized spacial score (nSPS) is 9.90. The summed E-state index contributed by atoms with van der Waals surface area (Å²) in [6.45, 7) is 0.513. The highest BCUT2D eigenvalue weighted by atomic mass is 32.1. The van der Waals surface area contributed by atoms with Gasteiger partial charge < -0.3 is 15.2 Å². The number of thiophene rings is 1. The van der Waals surface area contributed by atoms with Crippen LogP contribution in [0.1, 0.15) is 15.3 Å². The molecule has 0 radical (unpaired) electrons. The first-order chi connectivity index (χ1) is 10.1. The third kappa shape index (κ3) is 3.74. The summed E-state index contributed by atoms with van der Waals surface area (Å²) in [6.07, 6.45) is 0.0305. The van der Waals surface area contributed by atoms with Crippen molar-refractivity contribution in [3.8, 4) is 11.8 Å². The largest absolute Gasteiger partial charge is 0.495 e. The number of nitriles is 1. The van der Waals surface area contributed by atoms with E-state index in [0.29, 0.717) is 23.5 Å². The summed E-state index contributed by atoms with van der Waals surface area (Å²) < 4.78 is 5.25. The second-order valence-electron chi connectivity index (χ2n) is 4.29. The Morgan fingerprint density at radius 2 is 2.14 bits per heavy atom. The van der Waals surface area contributed by atoms with Gasteiger partial charge in [-0.05, 0) is 24.3 Å². The number of carboxylic acid groups (broad SMARTS) is 1. The monoisotopic (exact) mass is 302 g/mol. The van der Waals surface area contributed by atoms with E-state index >= 15 is 0 Å². The number of hydrogen-bond acceptors (Lipinski definition) is 5. The molecule has 1 aromatic heterocycles. The zero-order valence-corrected chi connectivity index (χ0v) is 12.2. The predicted molar refractivity (Wildman–Crippen MR) is 80.7 cm³/mol. The molecule has 1 heterocycles. The van der Waals surface area contributed by atoms with Crippen molar-refractivity contribution >= 4 is 23.0 Å². The van der Waals surface area contributed by atoms with Crippen molar-refractivity contribution in [3.05, 3.63) is 45.6 Å². The smallest absolute Gasteiger partial charge is 0.308 e. The van der Waals surface area contributed by atoms with Crippen LogP contribution in [0.5, 0.6) is 5.75 Å². The van der Waals surface area contributed by atoms with Crippen LogP contribution < -0.4 is 10.1 Å². The van der Waals surface area contributed by atoms with Gasteiger partial charge in [0, 0.05) is 16.3 Å². The van der Waals surface area contributed by atoms with Crippen molar-refractivity contribution in [2.24, 2.45) is 0 Å². The fourth-order valence-electron chi connectivity index (χ4n) is 1.91. The number of benzene rings is 1. The average Bonchev–Trinajstić information content (AvgIpc) is 2.91. The molecule has 0 unspecified atom stereocenters. The number of para-hydroxylation sites is 1. The second-order valence-corrected chi connectivity index (χ2v) is 5.54. The summed E-state index contributed by atoms with van der Waals surface area (Å²) >= 11 is 1.44. The maximum Gasteiger partial charge on any atom is 0.308 e. The Hall–Kier alpha value is -2.52. The summed E-state index contributed by atoms with van der Waals surface area (Å²) in [5.41, 5.74) is 1.16. The first kappa shape index (κ1) is 14.9. The highest BCUT2D eigenvalue weighted by Gasteiger charge is 2.09. The van der Waals surface area contributed by atoms with Crippen LogP contribution in [-0.2, 0) is 17.8 Å². The summed E-state index contributed by atoms with van der Waals surface area (Å²) in [7, 11) is 1.55. The van der Waals surface area contributed by atoms with Gasteiger partial charge in [0.25, 0.3) is 0 Å². The Balaban J connectivity index is 2.11. The lowest BCUT2D eigenvalue weighted by molar-refractivity contribution is -0.136. The van der Waals surface area contributed by atoms with E-state index in [0.717, 1.165) is 9.75 Å². The van der Waals surface area contributed by atoms with E-state index in [1.165, 1.54) is 11.3 Å². The second kappa shape index (κ2) is 6.77. The summed E-state index contributed by atoms with van der Waals surface area (Å²) in [6, 6.07) is 11.1. The van der Waals surface area contributed by atoms with Gasteiger partial charge in [-0.1, -0.05) is 6.07 Å². The van der Waals surface area contributed by atoms with Gasteiger partial charge >= 0.3 is 5.97 Å². The molecule has 0 atom stereocenters. The molecule has 2 N–H and O–H groups in total.